The minimum absolute atomic E-state index is 0.0687. The molecule has 1 saturated heterocycles. The van der Waals surface area contributed by atoms with Gasteiger partial charge in [0.2, 0.25) is 0 Å². The Morgan fingerprint density at radius 3 is 2.72 bits per heavy atom. The van der Waals surface area contributed by atoms with E-state index in [2.05, 4.69) is 28.2 Å². The number of imidazole rings is 1. The Kier molecular flexibility index (Phi) is 4.41. The number of rotatable bonds is 2. The van der Waals surface area contributed by atoms with Gasteiger partial charge in [0, 0.05) is 62.1 Å². The van der Waals surface area contributed by atoms with E-state index in [4.69, 9.17) is 0 Å². The summed E-state index contributed by atoms with van der Waals surface area (Å²) in [6, 6.07) is 4.03. The van der Waals surface area contributed by atoms with Crippen molar-refractivity contribution in [3.05, 3.63) is 89.8 Å². The minimum Gasteiger partial charge on any atom is -0.368 e. The molecule has 0 bridgehead atoms. The van der Waals surface area contributed by atoms with Crippen molar-refractivity contribution in [1.82, 2.24) is 24.5 Å². The normalized spacial score (nSPS) is 24.2. The maximum absolute atomic E-state index is 13.1. The number of carbonyl (C=O) groups is 1. The van der Waals surface area contributed by atoms with Crippen molar-refractivity contribution in [2.24, 2.45) is 0 Å². The molecule has 1 amide bonds. The van der Waals surface area contributed by atoms with Crippen LogP contribution in [-0.4, -0.2) is 51.3 Å². The summed E-state index contributed by atoms with van der Waals surface area (Å²) in [6.07, 6.45) is 17.6. The predicted molar refractivity (Wildman–Crippen MR) is 114 cm³/mol. The lowest BCUT2D eigenvalue weighted by atomic mass is 10.1. The maximum atomic E-state index is 13.1. The molecule has 5 heterocycles. The van der Waals surface area contributed by atoms with E-state index in [0.717, 1.165) is 60.1 Å². The van der Waals surface area contributed by atoms with Crippen LogP contribution in [0.4, 0.5) is 0 Å². The van der Waals surface area contributed by atoms with Gasteiger partial charge in [-0.3, -0.25) is 9.69 Å². The number of piperazine rings is 1. The van der Waals surface area contributed by atoms with Crippen LogP contribution in [0, 0.1) is 6.92 Å². The molecule has 5 rings (SSSR count). The zero-order valence-corrected chi connectivity index (χ0v) is 16.4. The highest BCUT2D eigenvalue weighted by Crippen LogP contribution is 2.25. The van der Waals surface area contributed by atoms with Crippen LogP contribution in [0.1, 0.15) is 11.3 Å². The van der Waals surface area contributed by atoms with Crippen molar-refractivity contribution in [3.63, 3.8) is 0 Å². The molecule has 146 valence electrons. The standard InChI is InChI=1S/C23H23N5O/c1-17-5-8-22-25-21(16-27(22)14-17)18-3-2-4-19-6-7-20(15-28(19)23(29)13-18)26-11-9-24-10-12-26/h2-8,13-16,24H,9-12H2,1H3/b3-2+,18-13+,19-4+. The van der Waals surface area contributed by atoms with Gasteiger partial charge in [-0.15, -0.1) is 0 Å². The summed E-state index contributed by atoms with van der Waals surface area (Å²) in [4.78, 5) is 21.8. The van der Waals surface area contributed by atoms with Crippen molar-refractivity contribution < 1.29 is 4.79 Å². The van der Waals surface area contributed by atoms with E-state index in [1.54, 1.807) is 11.0 Å². The van der Waals surface area contributed by atoms with E-state index >= 15 is 0 Å². The fourth-order valence-electron chi connectivity index (χ4n) is 3.84. The fourth-order valence-corrected chi connectivity index (χ4v) is 3.84. The first kappa shape index (κ1) is 17.7. The summed E-state index contributed by atoms with van der Waals surface area (Å²) in [6.45, 7) is 5.86. The van der Waals surface area contributed by atoms with E-state index in [0.29, 0.717) is 0 Å². The molecule has 1 N–H and O–H groups in total. The zero-order chi connectivity index (χ0) is 19.8. The van der Waals surface area contributed by atoms with Gasteiger partial charge in [0.15, 0.2) is 0 Å². The third-order valence-electron chi connectivity index (χ3n) is 5.40. The Bertz CT molecular complexity index is 1130. The van der Waals surface area contributed by atoms with E-state index in [1.807, 2.05) is 59.4 Å². The maximum Gasteiger partial charge on any atom is 0.255 e. The number of amides is 1. The molecule has 6 nitrogen and oxygen atoms in total. The number of nitrogens with one attached hydrogen (secondary N) is 1. The van der Waals surface area contributed by atoms with Gasteiger partial charge in [0.1, 0.15) is 5.65 Å². The summed E-state index contributed by atoms with van der Waals surface area (Å²) in [5, 5.41) is 3.36. The van der Waals surface area contributed by atoms with Crippen LogP contribution in [0.2, 0.25) is 0 Å². The van der Waals surface area contributed by atoms with Gasteiger partial charge in [-0.25, -0.2) is 4.98 Å². The lowest BCUT2D eigenvalue weighted by Gasteiger charge is -2.33. The minimum atomic E-state index is -0.0687. The van der Waals surface area contributed by atoms with Crippen molar-refractivity contribution in [1.29, 1.82) is 0 Å². The largest absolute Gasteiger partial charge is 0.368 e. The van der Waals surface area contributed by atoms with E-state index in [1.165, 1.54) is 0 Å². The lowest BCUT2D eigenvalue weighted by Crippen LogP contribution is -2.43. The molecule has 2 aromatic heterocycles. The molecule has 0 saturated carbocycles. The highest BCUT2D eigenvalue weighted by molar-refractivity contribution is 5.99. The Balaban J connectivity index is 1.49. The number of pyridine rings is 1. The third-order valence-corrected chi connectivity index (χ3v) is 5.40. The topological polar surface area (TPSA) is 52.9 Å². The molecule has 3 aliphatic rings. The molecular weight excluding hydrogens is 362 g/mol. The van der Waals surface area contributed by atoms with Gasteiger partial charge >= 0.3 is 0 Å². The van der Waals surface area contributed by atoms with Gasteiger partial charge in [0.05, 0.1) is 11.4 Å². The van der Waals surface area contributed by atoms with Gasteiger partial charge < -0.3 is 14.6 Å². The monoisotopic (exact) mass is 385 g/mol. The SMILES string of the molecule is Cc1ccc2nc(C3=C\C(=O)N4C=C(N5CCNCC5)C=C\C4=C/C=C/3)cn2c1. The van der Waals surface area contributed by atoms with Crippen molar-refractivity contribution in [2.75, 3.05) is 26.2 Å². The third kappa shape index (κ3) is 3.43. The molecule has 0 spiro atoms. The number of carbonyl (C=O) groups excluding carboxylic acids is 1. The Hall–Kier alpha value is -3.38. The van der Waals surface area contributed by atoms with Crippen LogP contribution in [0.15, 0.2) is 78.6 Å². The number of aromatic nitrogens is 2. The number of allylic oxidation sites excluding steroid dienone is 6. The van der Waals surface area contributed by atoms with Crippen molar-refractivity contribution in [2.45, 2.75) is 6.92 Å². The lowest BCUT2D eigenvalue weighted by molar-refractivity contribution is -0.122. The average Bonchev–Trinajstić information content (AvgIpc) is 3.15. The second kappa shape index (κ2) is 7.22. The molecule has 2 aromatic rings. The van der Waals surface area contributed by atoms with Gasteiger partial charge in [0.25, 0.3) is 5.91 Å². The number of aryl methyl sites for hydroxylation is 1. The zero-order valence-electron chi connectivity index (χ0n) is 16.4. The van der Waals surface area contributed by atoms with Crippen molar-refractivity contribution in [3.8, 4) is 0 Å². The van der Waals surface area contributed by atoms with E-state index in [-0.39, 0.29) is 5.91 Å². The van der Waals surface area contributed by atoms with Crippen LogP contribution < -0.4 is 5.32 Å². The Morgan fingerprint density at radius 2 is 1.86 bits per heavy atom. The highest BCUT2D eigenvalue weighted by Gasteiger charge is 2.22. The van der Waals surface area contributed by atoms with Crippen LogP contribution in [0.5, 0.6) is 0 Å². The molecule has 29 heavy (non-hydrogen) atoms. The number of hydrogen-bond acceptors (Lipinski definition) is 4. The number of fused-ring (bicyclic) bond motifs is 2. The summed E-state index contributed by atoms with van der Waals surface area (Å²) < 4.78 is 2.00. The molecular formula is C23H23N5O. The summed E-state index contributed by atoms with van der Waals surface area (Å²) in [5.74, 6) is -0.0687. The Labute approximate surface area is 169 Å². The van der Waals surface area contributed by atoms with Gasteiger partial charge in [-0.05, 0) is 36.8 Å². The van der Waals surface area contributed by atoms with E-state index in [9.17, 15) is 4.79 Å². The second-order valence-electron chi connectivity index (χ2n) is 7.48. The van der Waals surface area contributed by atoms with Crippen LogP contribution in [0.3, 0.4) is 0 Å². The van der Waals surface area contributed by atoms with Crippen molar-refractivity contribution >= 4 is 17.1 Å². The molecule has 6 heteroatoms. The average molecular weight is 385 g/mol. The number of nitrogens with zero attached hydrogens (tertiary/aromatic N) is 4. The van der Waals surface area contributed by atoms with E-state index < -0.39 is 0 Å². The first-order valence-electron chi connectivity index (χ1n) is 9.92. The fraction of sp³-hybridized carbons (Fsp3) is 0.217. The van der Waals surface area contributed by atoms with Crippen LogP contribution in [-0.2, 0) is 4.79 Å². The Morgan fingerprint density at radius 1 is 1.03 bits per heavy atom. The summed E-state index contributed by atoms with van der Waals surface area (Å²) >= 11 is 0. The predicted octanol–water partition coefficient (Wildman–Crippen LogP) is 2.62. The number of hydrogen-bond donors (Lipinski definition) is 1. The quantitative estimate of drug-likeness (QED) is 0.864. The highest BCUT2D eigenvalue weighted by atomic mass is 16.2. The molecule has 0 radical (unpaired) electrons. The van der Waals surface area contributed by atoms with Crippen LogP contribution >= 0.6 is 0 Å². The molecule has 0 aromatic carbocycles. The van der Waals surface area contributed by atoms with Gasteiger partial charge in [-0.2, -0.15) is 0 Å². The summed E-state index contributed by atoms with van der Waals surface area (Å²) in [5.41, 5.74) is 5.56. The summed E-state index contributed by atoms with van der Waals surface area (Å²) in [7, 11) is 0. The molecule has 1 fully saturated rings. The molecule has 3 aliphatic heterocycles. The van der Waals surface area contributed by atoms with Crippen LogP contribution in [0.25, 0.3) is 11.2 Å². The second-order valence-corrected chi connectivity index (χ2v) is 7.48. The molecule has 0 unspecified atom stereocenters. The smallest absolute Gasteiger partial charge is 0.255 e. The first-order chi connectivity index (χ1) is 14.2. The van der Waals surface area contributed by atoms with Gasteiger partial charge in [-0.1, -0.05) is 18.2 Å². The first-order valence-corrected chi connectivity index (χ1v) is 9.92. The molecule has 0 aliphatic carbocycles. The molecule has 0 atom stereocenters.